The van der Waals surface area contributed by atoms with Crippen LogP contribution in [0.5, 0.6) is 5.75 Å². The van der Waals surface area contributed by atoms with Gasteiger partial charge < -0.3 is 15.0 Å². The Balaban J connectivity index is 1.49. The fourth-order valence-electron chi connectivity index (χ4n) is 3.90. The lowest BCUT2D eigenvalue weighted by Crippen LogP contribution is -2.46. The number of amides is 2. The molecule has 29 heavy (non-hydrogen) atoms. The van der Waals surface area contributed by atoms with E-state index >= 15 is 0 Å². The van der Waals surface area contributed by atoms with E-state index in [0.29, 0.717) is 31.6 Å². The first kappa shape index (κ1) is 20.2. The van der Waals surface area contributed by atoms with Gasteiger partial charge in [0.15, 0.2) is 4.34 Å². The molecule has 4 rings (SSSR count). The quantitative estimate of drug-likeness (QED) is 0.748. The smallest absolute Gasteiger partial charge is 0.230 e. The number of aryl methyl sites for hydroxylation is 1. The number of hydrogen-bond acceptors (Lipinski definition) is 7. The van der Waals surface area contributed by atoms with Gasteiger partial charge in [-0.1, -0.05) is 41.3 Å². The first-order valence-electron chi connectivity index (χ1n) is 9.68. The number of hydrogen-bond donors (Lipinski definition) is 1. The molecule has 2 aromatic rings. The van der Waals surface area contributed by atoms with Crippen molar-refractivity contribution >= 4 is 34.9 Å². The number of carbonyl (C=O) groups excluding carboxylic acids is 2. The molecule has 0 aliphatic carbocycles. The molecule has 0 saturated carbocycles. The molecule has 1 aromatic heterocycles. The van der Waals surface area contributed by atoms with E-state index in [9.17, 15) is 9.59 Å². The number of para-hydroxylation sites is 1. The lowest BCUT2D eigenvalue weighted by Gasteiger charge is -2.42. The number of carbonyl (C=O) groups is 2. The number of aromatic nitrogens is 2. The van der Waals surface area contributed by atoms with Crippen LogP contribution in [0.15, 0.2) is 28.6 Å². The van der Waals surface area contributed by atoms with Gasteiger partial charge >= 0.3 is 0 Å². The van der Waals surface area contributed by atoms with Crippen LogP contribution in [-0.4, -0.2) is 51.9 Å². The van der Waals surface area contributed by atoms with Crippen LogP contribution in [0.1, 0.15) is 42.3 Å². The van der Waals surface area contributed by atoms with Crippen LogP contribution in [0.4, 0.5) is 0 Å². The van der Waals surface area contributed by atoms with Gasteiger partial charge in [0.05, 0.1) is 11.8 Å². The zero-order valence-electron chi connectivity index (χ0n) is 16.5. The third-order valence-electron chi connectivity index (χ3n) is 5.49. The second-order valence-corrected chi connectivity index (χ2v) is 9.99. The Hall–Kier alpha value is -2.13. The summed E-state index contributed by atoms with van der Waals surface area (Å²) < 4.78 is 7.23. The molecule has 7 nitrogen and oxygen atoms in total. The number of nitrogens with one attached hydrogen (secondary N) is 1. The predicted molar refractivity (Wildman–Crippen MR) is 112 cm³/mol. The highest BCUT2D eigenvalue weighted by atomic mass is 32.2. The third kappa shape index (κ3) is 4.56. The van der Waals surface area contributed by atoms with E-state index in [-0.39, 0.29) is 17.9 Å². The maximum absolute atomic E-state index is 12.7. The molecule has 3 heterocycles. The van der Waals surface area contributed by atoms with Crippen molar-refractivity contribution in [1.29, 1.82) is 0 Å². The second-order valence-electron chi connectivity index (χ2n) is 7.59. The third-order valence-corrected chi connectivity index (χ3v) is 7.46. The summed E-state index contributed by atoms with van der Waals surface area (Å²) in [5.74, 6) is 1.20. The van der Waals surface area contributed by atoms with Gasteiger partial charge in [-0.15, -0.1) is 10.2 Å². The minimum Gasteiger partial charge on any atom is -0.487 e. The topological polar surface area (TPSA) is 84.4 Å². The SMILES string of the molecule is Cc1nnc(SCC(=O)N[C@H]2C[C@@]3(CCC(=O)N(C)CC3)Oc3ccccc32)s1. The molecule has 2 amide bonds. The fraction of sp³-hybridized carbons (Fsp3) is 0.500. The van der Waals surface area contributed by atoms with Crippen molar-refractivity contribution in [1.82, 2.24) is 20.4 Å². The summed E-state index contributed by atoms with van der Waals surface area (Å²) in [6.45, 7) is 2.56. The monoisotopic (exact) mass is 432 g/mol. The Labute approximate surface area is 178 Å². The van der Waals surface area contributed by atoms with E-state index in [1.54, 1.807) is 4.90 Å². The normalized spacial score (nSPS) is 24.0. The van der Waals surface area contributed by atoms with Crippen LogP contribution in [0, 0.1) is 6.92 Å². The molecule has 0 bridgehead atoms. The van der Waals surface area contributed by atoms with Crippen LogP contribution in [0.3, 0.4) is 0 Å². The molecule has 0 radical (unpaired) electrons. The summed E-state index contributed by atoms with van der Waals surface area (Å²) in [6.07, 6.45) is 2.55. The summed E-state index contributed by atoms with van der Waals surface area (Å²) in [4.78, 5) is 26.6. The Morgan fingerprint density at radius 1 is 1.38 bits per heavy atom. The molecule has 2 aliphatic heterocycles. The zero-order chi connectivity index (χ0) is 20.4. The predicted octanol–water partition coefficient (Wildman–Crippen LogP) is 2.96. The van der Waals surface area contributed by atoms with Crippen molar-refractivity contribution in [2.24, 2.45) is 0 Å². The molecule has 9 heteroatoms. The number of likely N-dealkylation sites (tertiary alicyclic amines) is 1. The van der Waals surface area contributed by atoms with Crippen molar-refractivity contribution in [3.05, 3.63) is 34.8 Å². The Morgan fingerprint density at radius 3 is 3.00 bits per heavy atom. The summed E-state index contributed by atoms with van der Waals surface area (Å²) in [5.41, 5.74) is 0.558. The van der Waals surface area contributed by atoms with E-state index in [1.807, 2.05) is 38.2 Å². The van der Waals surface area contributed by atoms with Gasteiger partial charge in [0.25, 0.3) is 0 Å². The van der Waals surface area contributed by atoms with Gasteiger partial charge in [0, 0.05) is 38.4 Å². The van der Waals surface area contributed by atoms with E-state index in [2.05, 4.69) is 15.5 Å². The molecule has 2 atom stereocenters. The number of benzene rings is 1. The Kier molecular flexibility index (Phi) is 5.78. The first-order chi connectivity index (χ1) is 13.9. The van der Waals surface area contributed by atoms with Crippen molar-refractivity contribution in [3.63, 3.8) is 0 Å². The maximum Gasteiger partial charge on any atom is 0.230 e. The van der Waals surface area contributed by atoms with Crippen molar-refractivity contribution in [2.75, 3.05) is 19.3 Å². The van der Waals surface area contributed by atoms with Crippen LogP contribution in [0.2, 0.25) is 0 Å². The summed E-state index contributed by atoms with van der Waals surface area (Å²) in [7, 11) is 1.84. The molecule has 0 unspecified atom stereocenters. The average molecular weight is 433 g/mol. The Bertz CT molecular complexity index is 919. The zero-order valence-corrected chi connectivity index (χ0v) is 18.1. The number of rotatable bonds is 4. The second kappa shape index (κ2) is 8.31. The Morgan fingerprint density at radius 2 is 2.21 bits per heavy atom. The molecular weight excluding hydrogens is 408 g/mol. The first-order valence-corrected chi connectivity index (χ1v) is 11.5. The number of ether oxygens (including phenoxy) is 1. The van der Waals surface area contributed by atoms with Gasteiger partial charge in [0.1, 0.15) is 16.4 Å². The number of thioether (sulfide) groups is 1. The summed E-state index contributed by atoms with van der Waals surface area (Å²) in [5, 5.41) is 12.1. The minimum atomic E-state index is -0.434. The molecule has 1 saturated heterocycles. The molecule has 154 valence electrons. The van der Waals surface area contributed by atoms with Gasteiger partial charge in [-0.2, -0.15) is 0 Å². The molecular formula is C20H24N4O3S2. The van der Waals surface area contributed by atoms with Crippen molar-refractivity contribution in [2.45, 2.75) is 48.6 Å². The van der Waals surface area contributed by atoms with Gasteiger partial charge in [0.2, 0.25) is 11.8 Å². The van der Waals surface area contributed by atoms with Crippen molar-refractivity contribution in [3.8, 4) is 5.75 Å². The van der Waals surface area contributed by atoms with E-state index in [1.165, 1.54) is 23.1 Å². The van der Waals surface area contributed by atoms with Crippen LogP contribution >= 0.6 is 23.1 Å². The lowest BCUT2D eigenvalue weighted by molar-refractivity contribution is -0.129. The molecule has 1 spiro atoms. The standard InChI is InChI=1S/C20H24N4O3S2/c1-13-22-23-19(29-13)28-12-17(25)21-15-11-20(8-7-18(26)24(2)10-9-20)27-16-6-4-3-5-14(15)16/h3-6,15H,7-12H2,1-2H3,(H,21,25)/t15-,20-/m0/s1. The lowest BCUT2D eigenvalue weighted by atomic mass is 9.82. The van der Waals surface area contributed by atoms with Gasteiger partial charge in [-0.3, -0.25) is 9.59 Å². The highest BCUT2D eigenvalue weighted by molar-refractivity contribution is 8.01. The average Bonchev–Trinajstić information content (AvgIpc) is 3.08. The number of fused-ring (bicyclic) bond motifs is 1. The van der Waals surface area contributed by atoms with E-state index in [4.69, 9.17) is 4.74 Å². The molecule has 2 aliphatic rings. The maximum atomic E-state index is 12.7. The van der Waals surface area contributed by atoms with Crippen LogP contribution in [-0.2, 0) is 9.59 Å². The van der Waals surface area contributed by atoms with Gasteiger partial charge in [-0.25, -0.2) is 0 Å². The summed E-state index contributed by atoms with van der Waals surface area (Å²) >= 11 is 2.89. The summed E-state index contributed by atoms with van der Waals surface area (Å²) in [6, 6.07) is 7.72. The minimum absolute atomic E-state index is 0.0403. The molecule has 1 fully saturated rings. The fourth-order valence-corrected chi connectivity index (χ4v) is 5.53. The highest BCUT2D eigenvalue weighted by Crippen LogP contribution is 2.44. The molecule has 1 N–H and O–H groups in total. The van der Waals surface area contributed by atoms with Crippen LogP contribution in [0.25, 0.3) is 0 Å². The van der Waals surface area contributed by atoms with E-state index < -0.39 is 5.60 Å². The van der Waals surface area contributed by atoms with E-state index in [0.717, 1.165) is 27.1 Å². The van der Waals surface area contributed by atoms with Crippen LogP contribution < -0.4 is 10.1 Å². The molecule has 1 aromatic carbocycles. The number of nitrogens with zero attached hydrogens (tertiary/aromatic N) is 3. The van der Waals surface area contributed by atoms with Gasteiger partial charge in [-0.05, 0) is 19.4 Å². The largest absolute Gasteiger partial charge is 0.487 e. The highest BCUT2D eigenvalue weighted by Gasteiger charge is 2.43. The van der Waals surface area contributed by atoms with Crippen molar-refractivity contribution < 1.29 is 14.3 Å².